The van der Waals surface area contributed by atoms with Crippen molar-refractivity contribution in [2.45, 2.75) is 12.7 Å². The predicted molar refractivity (Wildman–Crippen MR) is 130 cm³/mol. The Kier molecular flexibility index (Phi) is 9.33. The molecule has 14 heteroatoms. The van der Waals surface area contributed by atoms with Crippen LogP contribution in [0.5, 0.6) is 11.5 Å². The lowest BCUT2D eigenvalue weighted by Gasteiger charge is -2.14. The van der Waals surface area contributed by atoms with Crippen LogP contribution in [0.2, 0.25) is 5.02 Å². The van der Waals surface area contributed by atoms with Crippen molar-refractivity contribution in [3.63, 3.8) is 0 Å². The molecular formula is C24H20ClF3N4O6. The molecule has 0 aliphatic carbocycles. The monoisotopic (exact) mass is 552 g/mol. The van der Waals surface area contributed by atoms with Gasteiger partial charge in [0.1, 0.15) is 5.76 Å². The van der Waals surface area contributed by atoms with Gasteiger partial charge in [-0.2, -0.15) is 18.3 Å². The maximum absolute atomic E-state index is 12.9. The number of furan rings is 1. The van der Waals surface area contributed by atoms with Crippen LogP contribution >= 0.6 is 11.6 Å². The van der Waals surface area contributed by atoms with Gasteiger partial charge in [0.15, 0.2) is 18.1 Å². The van der Waals surface area contributed by atoms with Gasteiger partial charge in [0, 0.05) is 5.69 Å². The first-order valence-corrected chi connectivity index (χ1v) is 11.1. The molecule has 0 bridgehead atoms. The van der Waals surface area contributed by atoms with Crippen molar-refractivity contribution >= 4 is 41.2 Å². The lowest BCUT2D eigenvalue weighted by Crippen LogP contribution is -2.37. The van der Waals surface area contributed by atoms with Crippen molar-refractivity contribution in [1.29, 1.82) is 0 Å². The summed E-state index contributed by atoms with van der Waals surface area (Å²) in [7, 11) is 1.31. The van der Waals surface area contributed by atoms with E-state index in [2.05, 4.69) is 21.2 Å². The fourth-order valence-corrected chi connectivity index (χ4v) is 3.21. The van der Waals surface area contributed by atoms with Gasteiger partial charge < -0.3 is 24.5 Å². The largest absolute Gasteiger partial charge is 0.493 e. The van der Waals surface area contributed by atoms with Crippen molar-refractivity contribution in [3.8, 4) is 11.5 Å². The van der Waals surface area contributed by atoms with Gasteiger partial charge in [-0.1, -0.05) is 17.7 Å². The summed E-state index contributed by atoms with van der Waals surface area (Å²) in [5, 5.41) is 8.37. The highest BCUT2D eigenvalue weighted by molar-refractivity contribution is 6.35. The van der Waals surface area contributed by atoms with Crippen LogP contribution in [-0.2, 0) is 27.1 Å². The quantitative estimate of drug-likeness (QED) is 0.210. The van der Waals surface area contributed by atoms with Gasteiger partial charge >= 0.3 is 18.0 Å². The summed E-state index contributed by atoms with van der Waals surface area (Å²) >= 11 is 6.23. The standard InChI is InChI=1S/C24H20ClF3N4O6/c1-36-19-9-14(11-30-32-23(35)22(34)29-12-17-6-3-7-37-17)8-18(25)21(19)38-13-20(33)31-16-5-2-4-15(10-16)24(26,27)28/h2-11H,12-13H2,1H3,(H,29,34)(H,31,33)(H,32,35)/b30-11-. The molecule has 3 amide bonds. The minimum atomic E-state index is -4.56. The van der Waals surface area contributed by atoms with Gasteiger partial charge in [0.05, 0.1) is 36.7 Å². The lowest BCUT2D eigenvalue weighted by molar-refractivity contribution is -0.139. The molecule has 0 aliphatic heterocycles. The smallest absolute Gasteiger partial charge is 0.416 e. The number of hydrogen-bond donors (Lipinski definition) is 3. The Morgan fingerprint density at radius 2 is 1.89 bits per heavy atom. The molecule has 0 saturated heterocycles. The molecule has 0 radical (unpaired) electrons. The van der Waals surface area contributed by atoms with Crippen LogP contribution in [0.3, 0.4) is 0 Å². The van der Waals surface area contributed by atoms with Gasteiger partial charge in [-0.05, 0) is 48.0 Å². The fraction of sp³-hybridized carbons (Fsp3) is 0.167. The van der Waals surface area contributed by atoms with Crippen molar-refractivity contribution < 1.29 is 41.4 Å². The van der Waals surface area contributed by atoms with Crippen LogP contribution in [0.4, 0.5) is 18.9 Å². The number of carbonyl (C=O) groups is 3. The predicted octanol–water partition coefficient (Wildman–Crippen LogP) is 3.74. The number of amides is 3. The van der Waals surface area contributed by atoms with Gasteiger partial charge in [0.2, 0.25) is 0 Å². The molecule has 0 unspecified atom stereocenters. The lowest BCUT2D eigenvalue weighted by atomic mass is 10.2. The first-order chi connectivity index (χ1) is 18.1. The first-order valence-electron chi connectivity index (χ1n) is 10.7. The molecule has 2 aromatic carbocycles. The zero-order chi connectivity index (χ0) is 27.7. The van der Waals surface area contributed by atoms with Gasteiger partial charge in [-0.3, -0.25) is 14.4 Å². The van der Waals surface area contributed by atoms with Gasteiger partial charge in [0.25, 0.3) is 5.91 Å². The number of hydrazone groups is 1. The highest BCUT2D eigenvalue weighted by Crippen LogP contribution is 2.36. The average molecular weight is 553 g/mol. The Bertz CT molecular complexity index is 1330. The maximum Gasteiger partial charge on any atom is 0.416 e. The molecule has 0 aliphatic rings. The summed E-state index contributed by atoms with van der Waals surface area (Å²) in [6.45, 7) is -0.557. The van der Waals surface area contributed by atoms with E-state index in [0.717, 1.165) is 18.2 Å². The molecule has 0 saturated carbocycles. The number of methoxy groups -OCH3 is 1. The van der Waals surface area contributed by atoms with E-state index in [0.29, 0.717) is 11.3 Å². The number of nitrogens with zero attached hydrogens (tertiary/aromatic N) is 1. The molecule has 200 valence electrons. The van der Waals surface area contributed by atoms with E-state index in [9.17, 15) is 27.6 Å². The number of nitrogens with one attached hydrogen (secondary N) is 3. The molecular weight excluding hydrogens is 533 g/mol. The summed E-state index contributed by atoms with van der Waals surface area (Å²) in [6.07, 6.45) is -1.94. The van der Waals surface area contributed by atoms with Crippen LogP contribution in [0.25, 0.3) is 0 Å². The summed E-state index contributed by atoms with van der Waals surface area (Å²) in [6, 6.07) is 10.2. The molecule has 0 spiro atoms. The summed E-state index contributed by atoms with van der Waals surface area (Å²) in [5.74, 6) is -2.12. The van der Waals surface area contributed by atoms with E-state index in [-0.39, 0.29) is 28.8 Å². The number of halogens is 4. The van der Waals surface area contributed by atoms with Crippen LogP contribution in [0.1, 0.15) is 16.9 Å². The molecule has 1 aromatic heterocycles. The molecule has 3 N–H and O–H groups in total. The molecule has 0 fully saturated rings. The van der Waals surface area contributed by atoms with E-state index in [4.69, 9.17) is 25.5 Å². The van der Waals surface area contributed by atoms with Crippen molar-refractivity contribution in [3.05, 3.63) is 76.7 Å². The number of alkyl halides is 3. The Morgan fingerprint density at radius 1 is 1.11 bits per heavy atom. The minimum absolute atomic E-state index is 0.00755. The zero-order valence-corrected chi connectivity index (χ0v) is 20.4. The van der Waals surface area contributed by atoms with E-state index < -0.39 is 36.1 Å². The van der Waals surface area contributed by atoms with Gasteiger partial charge in [-0.15, -0.1) is 0 Å². The van der Waals surface area contributed by atoms with Crippen molar-refractivity contribution in [2.24, 2.45) is 5.10 Å². The van der Waals surface area contributed by atoms with Crippen LogP contribution in [-0.4, -0.2) is 37.7 Å². The Morgan fingerprint density at radius 3 is 2.58 bits per heavy atom. The highest BCUT2D eigenvalue weighted by Gasteiger charge is 2.30. The zero-order valence-electron chi connectivity index (χ0n) is 19.6. The normalized spacial score (nSPS) is 11.2. The Labute approximate surface area is 218 Å². The summed E-state index contributed by atoms with van der Waals surface area (Å²) in [4.78, 5) is 35.9. The van der Waals surface area contributed by atoms with Crippen molar-refractivity contribution in [1.82, 2.24) is 10.7 Å². The molecule has 1 heterocycles. The molecule has 3 rings (SSSR count). The summed E-state index contributed by atoms with van der Waals surface area (Å²) < 4.78 is 54.2. The maximum atomic E-state index is 12.9. The third kappa shape index (κ3) is 8.00. The average Bonchev–Trinajstić information content (AvgIpc) is 3.39. The third-order valence-corrected chi connectivity index (χ3v) is 4.94. The molecule has 10 nitrogen and oxygen atoms in total. The second kappa shape index (κ2) is 12.6. The van der Waals surface area contributed by atoms with E-state index in [1.807, 2.05) is 0 Å². The molecule has 0 atom stereocenters. The van der Waals surface area contributed by atoms with E-state index in [1.165, 1.54) is 37.8 Å². The fourth-order valence-electron chi connectivity index (χ4n) is 2.94. The number of rotatable bonds is 9. The highest BCUT2D eigenvalue weighted by atomic mass is 35.5. The number of benzene rings is 2. The number of carbonyl (C=O) groups excluding carboxylic acids is 3. The Hall–Kier alpha value is -4.52. The van der Waals surface area contributed by atoms with Crippen LogP contribution in [0, 0.1) is 0 Å². The van der Waals surface area contributed by atoms with Crippen LogP contribution < -0.4 is 25.5 Å². The molecule has 3 aromatic rings. The van der Waals surface area contributed by atoms with E-state index in [1.54, 1.807) is 12.1 Å². The van der Waals surface area contributed by atoms with E-state index >= 15 is 0 Å². The SMILES string of the molecule is COc1cc(/C=N\NC(=O)C(=O)NCc2ccco2)cc(Cl)c1OCC(=O)Nc1cccc(C(F)(F)F)c1. The number of ether oxygens (including phenoxy) is 2. The minimum Gasteiger partial charge on any atom is -0.493 e. The number of hydrogen-bond acceptors (Lipinski definition) is 7. The Balaban J connectivity index is 1.56. The summed E-state index contributed by atoms with van der Waals surface area (Å²) in [5.41, 5.74) is 1.44. The van der Waals surface area contributed by atoms with Gasteiger partial charge in [-0.25, -0.2) is 5.43 Å². The second-order valence-corrected chi connectivity index (χ2v) is 7.82. The second-order valence-electron chi connectivity index (χ2n) is 7.41. The topological polar surface area (TPSA) is 131 Å². The van der Waals surface area contributed by atoms with Crippen molar-refractivity contribution in [2.75, 3.05) is 19.0 Å². The molecule has 38 heavy (non-hydrogen) atoms. The van der Waals surface area contributed by atoms with Crippen LogP contribution in [0.15, 0.2) is 64.3 Å². The number of anilines is 1. The third-order valence-electron chi connectivity index (χ3n) is 4.66. The first kappa shape index (κ1) is 28.1.